The molecule has 0 saturated carbocycles. The van der Waals surface area contributed by atoms with E-state index in [0.717, 1.165) is 60.4 Å². The van der Waals surface area contributed by atoms with E-state index < -0.39 is 0 Å². The Morgan fingerprint density at radius 2 is 2.00 bits per heavy atom. The van der Waals surface area contributed by atoms with Gasteiger partial charge >= 0.3 is 0 Å². The molecule has 0 radical (unpaired) electrons. The summed E-state index contributed by atoms with van der Waals surface area (Å²) in [5.74, 6) is 2.03. The van der Waals surface area contributed by atoms with Crippen molar-refractivity contribution in [1.82, 2.24) is 14.9 Å². The van der Waals surface area contributed by atoms with Gasteiger partial charge in [0.05, 0.1) is 17.6 Å². The van der Waals surface area contributed by atoms with E-state index in [4.69, 9.17) is 9.72 Å². The number of benzene rings is 2. The molecule has 3 rings (SSSR count). The van der Waals surface area contributed by atoms with Crippen molar-refractivity contribution in [2.45, 2.75) is 39.7 Å². The third kappa shape index (κ3) is 4.88. The van der Waals surface area contributed by atoms with Crippen LogP contribution in [0.4, 0.5) is 0 Å². The van der Waals surface area contributed by atoms with Gasteiger partial charge in [0, 0.05) is 19.5 Å². The number of hydrogen-bond acceptors (Lipinski definition) is 3. The van der Waals surface area contributed by atoms with E-state index in [-0.39, 0.29) is 0 Å². The molecule has 2 aromatic carbocycles. The van der Waals surface area contributed by atoms with Crippen molar-refractivity contribution in [1.29, 1.82) is 0 Å². The van der Waals surface area contributed by atoms with Crippen LogP contribution < -0.4 is 10.1 Å². The maximum Gasteiger partial charge on any atom is 0.207 e. The van der Waals surface area contributed by atoms with E-state index in [1.165, 1.54) is 5.56 Å². The van der Waals surface area contributed by atoms with E-state index in [1.54, 1.807) is 0 Å². The zero-order valence-corrected chi connectivity index (χ0v) is 16.1. The van der Waals surface area contributed by atoms with Crippen molar-refractivity contribution in [3.05, 3.63) is 59.4 Å². The van der Waals surface area contributed by atoms with Gasteiger partial charge in [-0.2, -0.15) is 0 Å². The number of carbonyl (C=O) groups is 1. The Labute approximate surface area is 160 Å². The average Bonchev–Trinajstić information content (AvgIpc) is 3.02. The number of ether oxygens (including phenoxy) is 1. The predicted molar refractivity (Wildman–Crippen MR) is 108 cm³/mol. The molecule has 0 spiro atoms. The SMILES string of the molecule is Cc1ccc(C)c(OCCCn2c(CCCNC=O)nc3ccccc32)c1. The fourth-order valence-corrected chi connectivity index (χ4v) is 3.24. The fourth-order valence-electron chi connectivity index (χ4n) is 3.24. The molecular weight excluding hydrogens is 338 g/mol. The van der Waals surface area contributed by atoms with Crippen LogP contribution in [0.15, 0.2) is 42.5 Å². The molecule has 0 unspecified atom stereocenters. The van der Waals surface area contributed by atoms with Crippen LogP contribution in [-0.4, -0.2) is 29.1 Å². The van der Waals surface area contributed by atoms with E-state index in [2.05, 4.69) is 48.0 Å². The minimum atomic E-state index is 0.669. The summed E-state index contributed by atoms with van der Waals surface area (Å²) >= 11 is 0. The summed E-state index contributed by atoms with van der Waals surface area (Å²) in [7, 11) is 0. The number of para-hydroxylation sites is 2. The number of amides is 1. The largest absolute Gasteiger partial charge is 0.493 e. The van der Waals surface area contributed by atoms with Gasteiger partial charge in [0.25, 0.3) is 0 Å². The monoisotopic (exact) mass is 365 g/mol. The highest BCUT2D eigenvalue weighted by Crippen LogP contribution is 2.20. The summed E-state index contributed by atoms with van der Waals surface area (Å²) < 4.78 is 8.28. The highest BCUT2D eigenvalue weighted by atomic mass is 16.5. The smallest absolute Gasteiger partial charge is 0.207 e. The first-order valence-electron chi connectivity index (χ1n) is 9.50. The summed E-state index contributed by atoms with van der Waals surface area (Å²) in [4.78, 5) is 15.2. The second kappa shape index (κ2) is 9.21. The van der Waals surface area contributed by atoms with Crippen LogP contribution in [0.5, 0.6) is 5.75 Å². The lowest BCUT2D eigenvalue weighted by Gasteiger charge is -2.12. The summed E-state index contributed by atoms with van der Waals surface area (Å²) in [5.41, 5.74) is 4.55. The highest BCUT2D eigenvalue weighted by Gasteiger charge is 2.10. The first kappa shape index (κ1) is 19.0. The van der Waals surface area contributed by atoms with Gasteiger partial charge in [0.15, 0.2) is 0 Å². The molecule has 1 amide bonds. The van der Waals surface area contributed by atoms with Crippen molar-refractivity contribution in [2.24, 2.45) is 0 Å². The molecule has 5 nitrogen and oxygen atoms in total. The maximum atomic E-state index is 10.4. The van der Waals surface area contributed by atoms with Gasteiger partial charge in [-0.25, -0.2) is 4.98 Å². The number of aryl methyl sites for hydroxylation is 4. The maximum absolute atomic E-state index is 10.4. The number of carbonyl (C=O) groups excluding carboxylic acids is 1. The van der Waals surface area contributed by atoms with Crippen LogP contribution in [0.2, 0.25) is 0 Å². The molecule has 0 fully saturated rings. The zero-order valence-electron chi connectivity index (χ0n) is 16.1. The van der Waals surface area contributed by atoms with E-state index in [1.807, 2.05) is 18.2 Å². The first-order valence-corrected chi connectivity index (χ1v) is 9.50. The van der Waals surface area contributed by atoms with Gasteiger partial charge in [-0.1, -0.05) is 24.3 Å². The highest BCUT2D eigenvalue weighted by molar-refractivity contribution is 5.75. The van der Waals surface area contributed by atoms with E-state index in [0.29, 0.717) is 13.2 Å². The second-order valence-corrected chi connectivity index (χ2v) is 6.81. The lowest BCUT2D eigenvalue weighted by molar-refractivity contribution is -0.109. The van der Waals surface area contributed by atoms with E-state index in [9.17, 15) is 4.79 Å². The normalized spacial score (nSPS) is 10.9. The quantitative estimate of drug-likeness (QED) is 0.439. The summed E-state index contributed by atoms with van der Waals surface area (Å²) in [6, 6.07) is 14.5. The number of fused-ring (bicyclic) bond motifs is 1. The molecule has 0 aliphatic carbocycles. The van der Waals surface area contributed by atoms with Crippen molar-refractivity contribution in [2.75, 3.05) is 13.2 Å². The minimum Gasteiger partial charge on any atom is -0.493 e. The Morgan fingerprint density at radius 3 is 2.85 bits per heavy atom. The summed E-state index contributed by atoms with van der Waals surface area (Å²) in [6.07, 6.45) is 3.37. The molecule has 5 heteroatoms. The van der Waals surface area contributed by atoms with Gasteiger partial charge in [-0.15, -0.1) is 0 Å². The molecule has 0 saturated heterocycles. The van der Waals surface area contributed by atoms with Crippen molar-refractivity contribution >= 4 is 17.4 Å². The Bertz CT molecular complexity index is 902. The average molecular weight is 365 g/mol. The van der Waals surface area contributed by atoms with Crippen molar-refractivity contribution in [3.63, 3.8) is 0 Å². The van der Waals surface area contributed by atoms with Crippen LogP contribution in [0, 0.1) is 13.8 Å². The van der Waals surface area contributed by atoms with Crippen LogP contribution in [-0.2, 0) is 17.8 Å². The number of imidazole rings is 1. The standard InChI is InChI=1S/C22H27N3O2/c1-17-10-11-18(2)21(15-17)27-14-6-13-25-20-8-4-3-7-19(20)24-22(25)9-5-12-23-16-26/h3-4,7-8,10-11,15-16H,5-6,9,12-14H2,1-2H3,(H,23,26). The molecule has 3 aromatic rings. The third-order valence-electron chi connectivity index (χ3n) is 4.67. The lowest BCUT2D eigenvalue weighted by Crippen LogP contribution is -2.14. The molecule has 1 heterocycles. The molecule has 0 atom stereocenters. The lowest BCUT2D eigenvalue weighted by atomic mass is 10.1. The topological polar surface area (TPSA) is 56.1 Å². The molecule has 142 valence electrons. The molecular formula is C22H27N3O2. The number of rotatable bonds is 10. The zero-order chi connectivity index (χ0) is 19.1. The summed E-state index contributed by atoms with van der Waals surface area (Å²) in [5, 5.41) is 2.71. The molecule has 0 aliphatic heterocycles. The van der Waals surface area contributed by atoms with Gasteiger partial charge in [0.2, 0.25) is 6.41 Å². The van der Waals surface area contributed by atoms with Crippen LogP contribution in [0.3, 0.4) is 0 Å². The van der Waals surface area contributed by atoms with Crippen molar-refractivity contribution < 1.29 is 9.53 Å². The summed E-state index contributed by atoms with van der Waals surface area (Å²) in [6.45, 7) is 6.35. The third-order valence-corrected chi connectivity index (χ3v) is 4.67. The van der Waals surface area contributed by atoms with Crippen LogP contribution in [0.25, 0.3) is 11.0 Å². The predicted octanol–water partition coefficient (Wildman–Crippen LogP) is 3.80. The van der Waals surface area contributed by atoms with Crippen LogP contribution >= 0.6 is 0 Å². The number of aromatic nitrogens is 2. The van der Waals surface area contributed by atoms with Gasteiger partial charge in [0.1, 0.15) is 11.6 Å². The Balaban J connectivity index is 1.64. The second-order valence-electron chi connectivity index (χ2n) is 6.81. The number of hydrogen-bond donors (Lipinski definition) is 1. The number of nitrogens with one attached hydrogen (secondary N) is 1. The Hall–Kier alpha value is -2.82. The minimum absolute atomic E-state index is 0.669. The Morgan fingerprint density at radius 1 is 1.15 bits per heavy atom. The molecule has 0 bridgehead atoms. The van der Waals surface area contributed by atoms with E-state index >= 15 is 0 Å². The molecule has 27 heavy (non-hydrogen) atoms. The van der Waals surface area contributed by atoms with Crippen molar-refractivity contribution in [3.8, 4) is 5.75 Å². The van der Waals surface area contributed by atoms with Crippen LogP contribution in [0.1, 0.15) is 29.8 Å². The fraction of sp³-hybridized carbons (Fsp3) is 0.364. The van der Waals surface area contributed by atoms with Gasteiger partial charge in [-0.3, -0.25) is 4.79 Å². The molecule has 1 aromatic heterocycles. The Kier molecular flexibility index (Phi) is 6.47. The first-order chi connectivity index (χ1) is 13.2. The molecule has 1 N–H and O–H groups in total. The number of nitrogens with zero attached hydrogens (tertiary/aromatic N) is 2. The molecule has 0 aliphatic rings. The van der Waals surface area contributed by atoms with Gasteiger partial charge < -0.3 is 14.6 Å². The van der Waals surface area contributed by atoms with Gasteiger partial charge in [-0.05, 0) is 56.0 Å².